The van der Waals surface area contributed by atoms with Gasteiger partial charge in [0.1, 0.15) is 0 Å². The highest BCUT2D eigenvalue weighted by molar-refractivity contribution is 5.80. The molecule has 1 N–H and O–H groups in total. The van der Waals surface area contributed by atoms with Crippen LogP contribution in [0.5, 0.6) is 0 Å². The molecule has 0 aliphatic carbocycles. The van der Waals surface area contributed by atoms with Gasteiger partial charge in [-0.15, -0.1) is 0 Å². The summed E-state index contributed by atoms with van der Waals surface area (Å²) in [6, 6.07) is 3.86. The minimum absolute atomic E-state index is 0.128. The van der Waals surface area contributed by atoms with Crippen LogP contribution < -0.4 is 5.32 Å². The lowest BCUT2D eigenvalue weighted by molar-refractivity contribution is -0.128. The van der Waals surface area contributed by atoms with E-state index in [1.165, 1.54) is 0 Å². The van der Waals surface area contributed by atoms with Gasteiger partial charge in [0, 0.05) is 18.9 Å². The molecule has 4 nitrogen and oxygen atoms in total. The number of carbonyl (C=O) groups is 1. The van der Waals surface area contributed by atoms with Crippen LogP contribution in [0.4, 0.5) is 0 Å². The molecular weight excluding hydrogens is 178 g/mol. The van der Waals surface area contributed by atoms with E-state index >= 15 is 0 Å². The number of amides is 1. The maximum Gasteiger partial charge on any atom is 0.238 e. The summed E-state index contributed by atoms with van der Waals surface area (Å²) in [6.45, 7) is 3.07. The molecule has 1 saturated heterocycles. The average Bonchev–Trinajstić information content (AvgIpc) is 2.51. The van der Waals surface area contributed by atoms with Crippen molar-refractivity contribution >= 4 is 5.91 Å². The van der Waals surface area contributed by atoms with Crippen molar-refractivity contribution in [2.24, 2.45) is 0 Å². The largest absolute Gasteiger partial charge is 0.322 e. The molecule has 1 aliphatic heterocycles. The van der Waals surface area contributed by atoms with Gasteiger partial charge in [0.05, 0.1) is 12.7 Å². The van der Waals surface area contributed by atoms with Crippen molar-refractivity contribution in [2.45, 2.75) is 19.6 Å². The Morgan fingerprint density at radius 3 is 3.14 bits per heavy atom. The molecule has 1 fully saturated rings. The van der Waals surface area contributed by atoms with E-state index in [1.54, 1.807) is 12.4 Å². The molecule has 1 aromatic rings. The van der Waals surface area contributed by atoms with E-state index in [2.05, 4.69) is 10.3 Å². The number of hydrogen-bond acceptors (Lipinski definition) is 3. The molecule has 1 atom stereocenters. The number of aromatic nitrogens is 1. The molecular formula is C10H13N3O. The first-order chi connectivity index (χ1) is 6.77. The molecule has 0 saturated carbocycles. The van der Waals surface area contributed by atoms with E-state index in [0.29, 0.717) is 13.1 Å². The van der Waals surface area contributed by atoms with Gasteiger partial charge in [-0.3, -0.25) is 15.1 Å². The topological polar surface area (TPSA) is 45.2 Å². The van der Waals surface area contributed by atoms with Crippen LogP contribution in [0.25, 0.3) is 0 Å². The van der Waals surface area contributed by atoms with Crippen LogP contribution >= 0.6 is 0 Å². The monoisotopic (exact) mass is 191 g/mol. The minimum Gasteiger partial charge on any atom is -0.322 e. The fourth-order valence-corrected chi connectivity index (χ4v) is 1.58. The molecule has 1 aliphatic rings. The van der Waals surface area contributed by atoms with Crippen LogP contribution in [0.2, 0.25) is 0 Å². The molecule has 1 unspecified atom stereocenters. The summed E-state index contributed by atoms with van der Waals surface area (Å²) in [4.78, 5) is 17.3. The van der Waals surface area contributed by atoms with Crippen molar-refractivity contribution in [3.63, 3.8) is 0 Å². The SMILES string of the molecule is CC1NCC(=O)N1Cc1cccnc1. The second-order valence-corrected chi connectivity index (χ2v) is 3.44. The van der Waals surface area contributed by atoms with Crippen molar-refractivity contribution in [2.75, 3.05) is 6.54 Å². The van der Waals surface area contributed by atoms with Gasteiger partial charge in [-0.1, -0.05) is 6.07 Å². The first kappa shape index (κ1) is 9.15. The molecule has 0 aromatic carbocycles. The Hall–Kier alpha value is -1.42. The standard InChI is InChI=1S/C10H13N3O/c1-8-12-6-10(14)13(8)7-9-3-2-4-11-5-9/h2-5,8,12H,6-7H2,1H3. The van der Waals surface area contributed by atoms with Gasteiger partial charge in [0.2, 0.25) is 5.91 Å². The quantitative estimate of drug-likeness (QED) is 0.734. The molecule has 0 spiro atoms. The average molecular weight is 191 g/mol. The molecule has 4 heteroatoms. The number of carbonyl (C=O) groups excluding carboxylic acids is 1. The summed E-state index contributed by atoms with van der Waals surface area (Å²) in [7, 11) is 0. The second-order valence-electron chi connectivity index (χ2n) is 3.44. The Bertz CT molecular complexity index is 325. The third-order valence-electron chi connectivity index (χ3n) is 2.41. The highest BCUT2D eigenvalue weighted by Crippen LogP contribution is 2.09. The maximum atomic E-state index is 11.4. The minimum atomic E-state index is 0.128. The third-order valence-corrected chi connectivity index (χ3v) is 2.41. The molecule has 74 valence electrons. The Balaban J connectivity index is 2.07. The highest BCUT2D eigenvalue weighted by Gasteiger charge is 2.26. The number of nitrogens with zero attached hydrogens (tertiary/aromatic N) is 2. The molecule has 1 amide bonds. The normalized spacial score (nSPS) is 21.6. The van der Waals surface area contributed by atoms with E-state index in [0.717, 1.165) is 5.56 Å². The van der Waals surface area contributed by atoms with Gasteiger partial charge in [-0.05, 0) is 18.6 Å². The van der Waals surface area contributed by atoms with Crippen LogP contribution in [0, 0.1) is 0 Å². The van der Waals surface area contributed by atoms with Crippen LogP contribution in [0.1, 0.15) is 12.5 Å². The van der Waals surface area contributed by atoms with Crippen molar-refractivity contribution in [3.05, 3.63) is 30.1 Å². The number of rotatable bonds is 2. The predicted octanol–water partition coefficient (Wildman–Crippen LogP) is 0.359. The van der Waals surface area contributed by atoms with Crippen LogP contribution in [-0.2, 0) is 11.3 Å². The van der Waals surface area contributed by atoms with E-state index in [1.807, 2.05) is 24.0 Å². The number of hydrogen-bond donors (Lipinski definition) is 1. The molecule has 2 rings (SSSR count). The summed E-state index contributed by atoms with van der Waals surface area (Å²) in [5.41, 5.74) is 1.07. The Morgan fingerprint density at radius 1 is 1.71 bits per heavy atom. The number of nitrogens with one attached hydrogen (secondary N) is 1. The van der Waals surface area contributed by atoms with Crippen molar-refractivity contribution < 1.29 is 4.79 Å². The van der Waals surface area contributed by atoms with Crippen LogP contribution in [-0.4, -0.2) is 28.5 Å². The fraction of sp³-hybridized carbons (Fsp3) is 0.400. The van der Waals surface area contributed by atoms with Crippen LogP contribution in [0.15, 0.2) is 24.5 Å². The Morgan fingerprint density at radius 2 is 2.57 bits per heavy atom. The summed E-state index contributed by atoms with van der Waals surface area (Å²) in [5.74, 6) is 0.154. The third kappa shape index (κ3) is 1.75. The predicted molar refractivity (Wildman–Crippen MR) is 52.3 cm³/mol. The van der Waals surface area contributed by atoms with Gasteiger partial charge >= 0.3 is 0 Å². The van der Waals surface area contributed by atoms with Gasteiger partial charge in [-0.25, -0.2) is 0 Å². The lowest BCUT2D eigenvalue weighted by Crippen LogP contribution is -2.34. The summed E-state index contributed by atoms with van der Waals surface area (Å²) in [5, 5.41) is 3.10. The van der Waals surface area contributed by atoms with Crippen molar-refractivity contribution in [1.29, 1.82) is 0 Å². The molecule has 1 aromatic heterocycles. The van der Waals surface area contributed by atoms with E-state index in [-0.39, 0.29) is 12.1 Å². The van der Waals surface area contributed by atoms with E-state index < -0.39 is 0 Å². The first-order valence-corrected chi connectivity index (χ1v) is 4.69. The summed E-state index contributed by atoms with van der Waals surface area (Å²) >= 11 is 0. The fourth-order valence-electron chi connectivity index (χ4n) is 1.58. The lowest BCUT2D eigenvalue weighted by atomic mass is 10.2. The Labute approximate surface area is 82.9 Å². The van der Waals surface area contributed by atoms with Crippen LogP contribution in [0.3, 0.4) is 0 Å². The molecule has 0 bridgehead atoms. The van der Waals surface area contributed by atoms with Crippen molar-refractivity contribution in [1.82, 2.24) is 15.2 Å². The van der Waals surface area contributed by atoms with E-state index in [9.17, 15) is 4.79 Å². The zero-order valence-corrected chi connectivity index (χ0v) is 8.10. The van der Waals surface area contributed by atoms with Gasteiger partial charge in [-0.2, -0.15) is 0 Å². The lowest BCUT2D eigenvalue weighted by Gasteiger charge is -2.20. The summed E-state index contributed by atoms with van der Waals surface area (Å²) < 4.78 is 0. The molecule has 2 heterocycles. The van der Waals surface area contributed by atoms with Gasteiger partial charge in [0.15, 0.2) is 0 Å². The Kier molecular flexibility index (Phi) is 2.45. The zero-order chi connectivity index (χ0) is 9.97. The van der Waals surface area contributed by atoms with Gasteiger partial charge in [0.25, 0.3) is 0 Å². The number of pyridine rings is 1. The maximum absolute atomic E-state index is 11.4. The first-order valence-electron chi connectivity index (χ1n) is 4.69. The highest BCUT2D eigenvalue weighted by atomic mass is 16.2. The smallest absolute Gasteiger partial charge is 0.238 e. The second kappa shape index (κ2) is 3.75. The molecule has 14 heavy (non-hydrogen) atoms. The molecule has 0 radical (unpaired) electrons. The zero-order valence-electron chi connectivity index (χ0n) is 8.10. The van der Waals surface area contributed by atoms with Gasteiger partial charge < -0.3 is 4.90 Å². The van der Waals surface area contributed by atoms with Crippen molar-refractivity contribution in [3.8, 4) is 0 Å². The van der Waals surface area contributed by atoms with E-state index in [4.69, 9.17) is 0 Å². The summed E-state index contributed by atoms with van der Waals surface area (Å²) in [6.07, 6.45) is 3.65.